The van der Waals surface area contributed by atoms with Gasteiger partial charge in [-0.25, -0.2) is 0 Å². The van der Waals surface area contributed by atoms with E-state index in [0.717, 1.165) is 28.6 Å². The van der Waals surface area contributed by atoms with Gasteiger partial charge in [-0.1, -0.05) is 11.8 Å². The lowest BCUT2D eigenvalue weighted by molar-refractivity contribution is -0.109. The van der Waals surface area contributed by atoms with Crippen molar-refractivity contribution in [2.75, 3.05) is 12.9 Å². The minimum Gasteiger partial charge on any atom is -0.496 e. The van der Waals surface area contributed by atoms with Gasteiger partial charge in [0, 0.05) is 12.7 Å². The molecule has 0 fully saturated rings. The lowest BCUT2D eigenvalue weighted by Gasteiger charge is -2.20. The monoisotopic (exact) mass is 284 g/mol. The summed E-state index contributed by atoms with van der Waals surface area (Å²) in [4.78, 5) is 10.9. The Balaban J connectivity index is 2.90. The van der Waals surface area contributed by atoms with Crippen LogP contribution in [0.25, 0.3) is 0 Å². The Morgan fingerprint density at radius 2 is 1.95 bits per heavy atom. The molecule has 1 aromatic rings. The number of hydrogen-bond acceptors (Lipinski definition) is 5. The quantitative estimate of drug-likeness (QED) is 0.865. The van der Waals surface area contributed by atoms with Gasteiger partial charge in [0.2, 0.25) is 0 Å². The molecular weight excluding hydrogens is 264 g/mol. The normalized spacial score (nSPS) is 14.0. The number of benzene rings is 1. The standard InChI is InChI=1S/C14H20O4S/c1-8-6-13(18-4)9(2)5-11(8)14(17)12(16)7-19-10(3)15/h5-6,12,14,16-17H,7H2,1-4H3. The molecule has 2 unspecified atom stereocenters. The summed E-state index contributed by atoms with van der Waals surface area (Å²) < 4.78 is 5.21. The van der Waals surface area contributed by atoms with Gasteiger partial charge in [-0.3, -0.25) is 4.79 Å². The van der Waals surface area contributed by atoms with Gasteiger partial charge < -0.3 is 14.9 Å². The average Bonchev–Trinajstić information content (AvgIpc) is 2.37. The highest BCUT2D eigenvalue weighted by atomic mass is 32.2. The van der Waals surface area contributed by atoms with Crippen molar-refractivity contribution in [2.24, 2.45) is 0 Å². The fourth-order valence-electron chi connectivity index (χ4n) is 1.85. The molecule has 4 nitrogen and oxygen atoms in total. The van der Waals surface area contributed by atoms with E-state index >= 15 is 0 Å². The molecule has 0 amide bonds. The Bertz CT molecular complexity index is 459. The second-order valence-electron chi connectivity index (χ2n) is 4.49. The van der Waals surface area contributed by atoms with E-state index in [1.54, 1.807) is 13.2 Å². The van der Waals surface area contributed by atoms with Crippen LogP contribution in [0.4, 0.5) is 0 Å². The highest BCUT2D eigenvalue weighted by Gasteiger charge is 2.21. The van der Waals surface area contributed by atoms with Crippen LogP contribution < -0.4 is 4.74 Å². The number of ether oxygens (including phenoxy) is 1. The second kappa shape index (κ2) is 6.93. The lowest BCUT2D eigenvalue weighted by atomic mass is 9.97. The smallest absolute Gasteiger partial charge is 0.185 e. The maximum atomic E-state index is 10.9. The molecule has 19 heavy (non-hydrogen) atoms. The molecule has 2 atom stereocenters. The molecule has 0 aromatic heterocycles. The Hall–Kier alpha value is -1.04. The first-order valence-electron chi connectivity index (χ1n) is 6.01. The zero-order chi connectivity index (χ0) is 14.6. The maximum Gasteiger partial charge on any atom is 0.185 e. The van der Waals surface area contributed by atoms with Crippen LogP contribution in [0.3, 0.4) is 0 Å². The van der Waals surface area contributed by atoms with Crippen LogP contribution >= 0.6 is 11.8 Å². The molecule has 0 radical (unpaired) electrons. The van der Waals surface area contributed by atoms with E-state index < -0.39 is 12.2 Å². The summed E-state index contributed by atoms with van der Waals surface area (Å²) in [5, 5.41) is 20.0. The van der Waals surface area contributed by atoms with Crippen LogP contribution in [0.2, 0.25) is 0 Å². The highest BCUT2D eigenvalue weighted by Crippen LogP contribution is 2.29. The molecule has 0 aliphatic carbocycles. The second-order valence-corrected chi connectivity index (χ2v) is 5.69. The average molecular weight is 284 g/mol. The van der Waals surface area contributed by atoms with Gasteiger partial charge in [0.1, 0.15) is 11.9 Å². The molecule has 1 rings (SSSR count). The van der Waals surface area contributed by atoms with Gasteiger partial charge in [-0.2, -0.15) is 0 Å². The third kappa shape index (κ3) is 4.23. The number of aliphatic hydroxyl groups is 2. The summed E-state index contributed by atoms with van der Waals surface area (Å²) in [5.74, 6) is 0.933. The van der Waals surface area contributed by atoms with Gasteiger partial charge in [0.05, 0.1) is 13.2 Å². The van der Waals surface area contributed by atoms with Crippen molar-refractivity contribution in [1.82, 2.24) is 0 Å². The molecule has 0 bridgehead atoms. The predicted octanol–water partition coefficient (Wildman–Crippen LogP) is 1.99. The predicted molar refractivity (Wildman–Crippen MR) is 76.6 cm³/mol. The van der Waals surface area contributed by atoms with Crippen molar-refractivity contribution in [3.05, 3.63) is 28.8 Å². The fraction of sp³-hybridized carbons (Fsp3) is 0.500. The zero-order valence-corrected chi connectivity index (χ0v) is 12.5. The van der Waals surface area contributed by atoms with Crippen molar-refractivity contribution in [2.45, 2.75) is 33.0 Å². The highest BCUT2D eigenvalue weighted by molar-refractivity contribution is 8.13. The Labute approximate surface area is 117 Å². The first kappa shape index (κ1) is 16.0. The SMILES string of the molecule is COc1cc(C)c(C(O)C(O)CSC(C)=O)cc1C. The third-order valence-electron chi connectivity index (χ3n) is 2.92. The molecule has 0 aliphatic heterocycles. The molecule has 0 saturated carbocycles. The molecule has 0 aliphatic rings. The third-order valence-corrected chi connectivity index (χ3v) is 3.84. The van der Waals surface area contributed by atoms with Crippen LogP contribution in [0.1, 0.15) is 29.7 Å². The van der Waals surface area contributed by atoms with Crippen LogP contribution in [-0.4, -0.2) is 34.3 Å². The van der Waals surface area contributed by atoms with Crippen molar-refractivity contribution >= 4 is 16.9 Å². The van der Waals surface area contributed by atoms with Crippen molar-refractivity contribution < 1.29 is 19.7 Å². The number of aryl methyl sites for hydroxylation is 2. The van der Waals surface area contributed by atoms with Gasteiger partial charge in [-0.15, -0.1) is 0 Å². The van der Waals surface area contributed by atoms with Gasteiger partial charge in [0.15, 0.2) is 5.12 Å². The van der Waals surface area contributed by atoms with Gasteiger partial charge in [0.25, 0.3) is 0 Å². The summed E-state index contributed by atoms with van der Waals surface area (Å²) in [6.45, 7) is 5.17. The van der Waals surface area contributed by atoms with Crippen molar-refractivity contribution in [3.8, 4) is 5.75 Å². The number of carbonyl (C=O) groups is 1. The number of carbonyl (C=O) groups excluding carboxylic acids is 1. The van der Waals surface area contributed by atoms with E-state index in [2.05, 4.69) is 0 Å². The van der Waals surface area contributed by atoms with Crippen molar-refractivity contribution in [1.29, 1.82) is 0 Å². The minimum atomic E-state index is -1.00. The molecule has 2 N–H and O–H groups in total. The summed E-state index contributed by atoms with van der Waals surface area (Å²) in [6, 6.07) is 3.64. The zero-order valence-electron chi connectivity index (χ0n) is 11.6. The topological polar surface area (TPSA) is 66.8 Å². The molecule has 5 heteroatoms. The van der Waals surface area contributed by atoms with Crippen LogP contribution in [0, 0.1) is 13.8 Å². The van der Waals surface area contributed by atoms with Crippen molar-refractivity contribution in [3.63, 3.8) is 0 Å². The van der Waals surface area contributed by atoms with Gasteiger partial charge >= 0.3 is 0 Å². The van der Waals surface area contributed by atoms with E-state index in [9.17, 15) is 15.0 Å². The van der Waals surface area contributed by atoms with E-state index in [0.29, 0.717) is 5.56 Å². The van der Waals surface area contributed by atoms with Gasteiger partial charge in [-0.05, 0) is 42.7 Å². The molecule has 106 valence electrons. The fourth-order valence-corrected chi connectivity index (χ4v) is 2.44. The summed E-state index contributed by atoms with van der Waals surface area (Å²) in [7, 11) is 1.59. The Morgan fingerprint density at radius 1 is 1.32 bits per heavy atom. The number of methoxy groups -OCH3 is 1. The largest absolute Gasteiger partial charge is 0.496 e. The molecule has 0 spiro atoms. The number of aliphatic hydroxyl groups excluding tert-OH is 2. The van der Waals surface area contributed by atoms with Crippen LogP contribution in [0.5, 0.6) is 5.75 Å². The van der Waals surface area contributed by atoms with E-state index in [1.807, 2.05) is 19.9 Å². The Morgan fingerprint density at radius 3 is 2.47 bits per heavy atom. The maximum absolute atomic E-state index is 10.9. The molecular formula is C14H20O4S. The minimum absolute atomic E-state index is 0.0751. The lowest BCUT2D eigenvalue weighted by Crippen LogP contribution is -2.22. The number of hydrogen-bond donors (Lipinski definition) is 2. The Kier molecular flexibility index (Phi) is 5.85. The number of thioether (sulfide) groups is 1. The summed E-state index contributed by atoms with van der Waals surface area (Å²) in [5.41, 5.74) is 2.41. The summed E-state index contributed by atoms with van der Waals surface area (Å²) in [6.07, 6.45) is -1.98. The molecule has 1 aromatic carbocycles. The van der Waals surface area contributed by atoms with E-state index in [4.69, 9.17) is 4.74 Å². The van der Waals surface area contributed by atoms with E-state index in [-0.39, 0.29) is 10.9 Å². The first-order valence-corrected chi connectivity index (χ1v) is 7.00. The molecule has 0 saturated heterocycles. The van der Waals surface area contributed by atoms with Crippen LogP contribution in [0.15, 0.2) is 12.1 Å². The first-order chi connectivity index (χ1) is 8.86. The summed E-state index contributed by atoms with van der Waals surface area (Å²) >= 11 is 1.01. The van der Waals surface area contributed by atoms with E-state index in [1.165, 1.54) is 6.92 Å². The van der Waals surface area contributed by atoms with Crippen LogP contribution in [-0.2, 0) is 4.79 Å². The number of rotatable bonds is 5. The molecule has 0 heterocycles.